The van der Waals surface area contributed by atoms with Crippen LogP contribution in [0.15, 0.2) is 60.7 Å². The van der Waals surface area contributed by atoms with E-state index in [0.29, 0.717) is 13.0 Å². The Morgan fingerprint density at radius 3 is 1.95 bits per heavy atom. The first-order chi connectivity index (χ1) is 10.7. The molecule has 0 heterocycles. The number of nitrogens with two attached hydrogens (primary N) is 1. The van der Waals surface area contributed by atoms with Gasteiger partial charge in [-0.1, -0.05) is 60.7 Å². The fourth-order valence-electron chi connectivity index (χ4n) is 2.50. The van der Waals surface area contributed by atoms with Crippen LogP contribution in [0.5, 0.6) is 0 Å². The average Bonchev–Trinajstić information content (AvgIpc) is 2.54. The molecule has 1 amide bonds. The van der Waals surface area contributed by atoms with Gasteiger partial charge in [-0.15, -0.1) is 0 Å². The van der Waals surface area contributed by atoms with E-state index in [9.17, 15) is 4.79 Å². The third-order valence-electron chi connectivity index (χ3n) is 3.72. The van der Waals surface area contributed by atoms with Gasteiger partial charge in [-0.25, -0.2) is 0 Å². The van der Waals surface area contributed by atoms with Crippen molar-refractivity contribution in [3.63, 3.8) is 0 Å². The van der Waals surface area contributed by atoms with Gasteiger partial charge in [0.05, 0.1) is 0 Å². The van der Waals surface area contributed by atoms with Crippen molar-refractivity contribution in [2.75, 3.05) is 6.54 Å². The lowest BCUT2D eigenvalue weighted by molar-refractivity contribution is -0.121. The molecule has 3 N–H and O–H groups in total. The quantitative estimate of drug-likeness (QED) is 0.825. The Bertz CT molecular complexity index is 527. The lowest BCUT2D eigenvalue weighted by atomic mass is 9.88. The minimum absolute atomic E-state index is 0.0679. The van der Waals surface area contributed by atoms with E-state index in [1.165, 1.54) is 0 Å². The molecule has 116 valence electrons. The Morgan fingerprint density at radius 1 is 1.00 bits per heavy atom. The normalized spacial score (nSPS) is 12.1. The summed E-state index contributed by atoms with van der Waals surface area (Å²) in [5.74, 6) is 0.149. The van der Waals surface area contributed by atoms with Crippen LogP contribution >= 0.6 is 0 Å². The molecular weight excluding hydrogens is 272 g/mol. The zero-order chi connectivity index (χ0) is 15.8. The predicted molar refractivity (Wildman–Crippen MR) is 90.6 cm³/mol. The van der Waals surface area contributed by atoms with Crippen LogP contribution in [-0.2, 0) is 4.79 Å². The second kappa shape index (κ2) is 8.35. The van der Waals surface area contributed by atoms with Crippen molar-refractivity contribution in [2.45, 2.75) is 31.7 Å². The molecule has 0 spiro atoms. The first-order valence-corrected chi connectivity index (χ1v) is 7.79. The minimum atomic E-state index is 0.0679. The molecule has 2 aromatic carbocycles. The zero-order valence-corrected chi connectivity index (χ0v) is 13.0. The summed E-state index contributed by atoms with van der Waals surface area (Å²) in [5.41, 5.74) is 8.04. The van der Waals surface area contributed by atoms with E-state index in [0.717, 1.165) is 17.5 Å². The van der Waals surface area contributed by atoms with E-state index in [1.807, 2.05) is 43.3 Å². The number of nitrogens with one attached hydrogen (secondary N) is 1. The first kappa shape index (κ1) is 16.2. The summed E-state index contributed by atoms with van der Waals surface area (Å²) in [7, 11) is 0. The number of benzene rings is 2. The van der Waals surface area contributed by atoms with Gasteiger partial charge in [-0.3, -0.25) is 4.79 Å². The van der Waals surface area contributed by atoms with E-state index in [2.05, 4.69) is 29.6 Å². The maximum Gasteiger partial charge on any atom is 0.220 e. The Balaban J connectivity index is 2.08. The van der Waals surface area contributed by atoms with Crippen molar-refractivity contribution in [3.05, 3.63) is 71.8 Å². The molecule has 0 aromatic heterocycles. The van der Waals surface area contributed by atoms with E-state index >= 15 is 0 Å². The van der Waals surface area contributed by atoms with Crippen LogP contribution in [0.4, 0.5) is 0 Å². The number of hydrogen-bond donors (Lipinski definition) is 2. The summed E-state index contributed by atoms with van der Waals surface area (Å²) in [6, 6.07) is 20.5. The van der Waals surface area contributed by atoms with Gasteiger partial charge in [0.1, 0.15) is 0 Å². The van der Waals surface area contributed by atoms with Gasteiger partial charge in [0.25, 0.3) is 0 Å². The van der Waals surface area contributed by atoms with E-state index in [1.54, 1.807) is 0 Å². The monoisotopic (exact) mass is 296 g/mol. The van der Waals surface area contributed by atoms with Crippen molar-refractivity contribution < 1.29 is 4.79 Å². The van der Waals surface area contributed by atoms with Gasteiger partial charge < -0.3 is 11.1 Å². The molecule has 0 bridgehead atoms. The topological polar surface area (TPSA) is 55.1 Å². The predicted octanol–water partition coefficient (Wildman–Crippen LogP) is 3.06. The summed E-state index contributed by atoms with van der Waals surface area (Å²) in [6.07, 6.45) is 1.25. The molecule has 0 aliphatic carbocycles. The van der Waals surface area contributed by atoms with Crippen molar-refractivity contribution in [1.82, 2.24) is 5.32 Å². The molecule has 0 saturated carbocycles. The summed E-state index contributed by atoms with van der Waals surface area (Å²) >= 11 is 0. The summed E-state index contributed by atoms with van der Waals surface area (Å²) in [5, 5.41) is 2.97. The highest BCUT2D eigenvalue weighted by Gasteiger charge is 2.17. The molecule has 2 rings (SSSR count). The number of hydrogen-bond acceptors (Lipinski definition) is 2. The van der Waals surface area contributed by atoms with Crippen LogP contribution in [0, 0.1) is 0 Å². The molecule has 3 heteroatoms. The molecule has 0 aliphatic rings. The summed E-state index contributed by atoms with van der Waals surface area (Å²) < 4.78 is 0. The van der Waals surface area contributed by atoms with E-state index in [-0.39, 0.29) is 17.9 Å². The lowest BCUT2D eigenvalue weighted by Crippen LogP contribution is -2.30. The van der Waals surface area contributed by atoms with E-state index < -0.39 is 0 Å². The first-order valence-electron chi connectivity index (χ1n) is 7.79. The molecule has 22 heavy (non-hydrogen) atoms. The third-order valence-corrected chi connectivity index (χ3v) is 3.72. The molecule has 0 fully saturated rings. The second-order valence-electron chi connectivity index (χ2n) is 5.69. The zero-order valence-electron chi connectivity index (χ0n) is 13.0. The molecule has 0 aliphatic heterocycles. The van der Waals surface area contributed by atoms with Crippen molar-refractivity contribution in [2.24, 2.45) is 5.73 Å². The largest absolute Gasteiger partial charge is 0.356 e. The number of carbonyl (C=O) groups is 1. The Kier molecular flexibility index (Phi) is 6.16. The lowest BCUT2D eigenvalue weighted by Gasteiger charge is -2.18. The van der Waals surface area contributed by atoms with Crippen molar-refractivity contribution in [3.8, 4) is 0 Å². The van der Waals surface area contributed by atoms with Gasteiger partial charge in [0, 0.05) is 24.9 Å². The Morgan fingerprint density at radius 2 is 1.50 bits per heavy atom. The fraction of sp³-hybridized carbons (Fsp3) is 0.316. The maximum absolute atomic E-state index is 12.2. The average molecular weight is 296 g/mol. The highest BCUT2D eigenvalue weighted by molar-refractivity contribution is 5.77. The molecule has 0 radical (unpaired) electrons. The fourth-order valence-corrected chi connectivity index (χ4v) is 2.50. The van der Waals surface area contributed by atoms with E-state index in [4.69, 9.17) is 5.73 Å². The van der Waals surface area contributed by atoms with Crippen LogP contribution < -0.4 is 11.1 Å². The molecule has 3 nitrogen and oxygen atoms in total. The van der Waals surface area contributed by atoms with Crippen molar-refractivity contribution >= 4 is 5.91 Å². The molecule has 0 saturated heterocycles. The second-order valence-corrected chi connectivity index (χ2v) is 5.69. The highest BCUT2D eigenvalue weighted by atomic mass is 16.1. The third kappa shape index (κ3) is 5.01. The van der Waals surface area contributed by atoms with Gasteiger partial charge >= 0.3 is 0 Å². The summed E-state index contributed by atoms with van der Waals surface area (Å²) in [4.78, 5) is 12.2. The van der Waals surface area contributed by atoms with Crippen LogP contribution in [0.3, 0.4) is 0 Å². The molecular formula is C19H24N2O. The van der Waals surface area contributed by atoms with Crippen LogP contribution in [0.2, 0.25) is 0 Å². The smallest absolute Gasteiger partial charge is 0.220 e. The Labute approximate surface area is 132 Å². The van der Waals surface area contributed by atoms with Gasteiger partial charge in [-0.2, -0.15) is 0 Å². The van der Waals surface area contributed by atoms with Crippen LogP contribution in [0.1, 0.15) is 36.8 Å². The molecule has 2 aromatic rings. The molecule has 1 unspecified atom stereocenters. The minimum Gasteiger partial charge on any atom is -0.356 e. The SMILES string of the molecule is CC(N)CCNC(=O)CC(c1ccccc1)c1ccccc1. The molecule has 1 atom stereocenters. The standard InChI is InChI=1S/C19H24N2O/c1-15(20)12-13-21-19(22)14-18(16-8-4-2-5-9-16)17-10-6-3-7-11-17/h2-11,15,18H,12-14,20H2,1H3,(H,21,22). The van der Waals surface area contributed by atoms with Gasteiger partial charge in [0.15, 0.2) is 0 Å². The number of rotatable bonds is 7. The number of carbonyl (C=O) groups excluding carboxylic acids is 1. The number of amides is 1. The van der Waals surface area contributed by atoms with Gasteiger partial charge in [0.2, 0.25) is 5.91 Å². The highest BCUT2D eigenvalue weighted by Crippen LogP contribution is 2.27. The van der Waals surface area contributed by atoms with Crippen molar-refractivity contribution in [1.29, 1.82) is 0 Å². The van der Waals surface area contributed by atoms with Crippen LogP contribution in [0.25, 0.3) is 0 Å². The maximum atomic E-state index is 12.2. The Hall–Kier alpha value is -2.13. The van der Waals surface area contributed by atoms with Gasteiger partial charge in [-0.05, 0) is 24.5 Å². The summed E-state index contributed by atoms with van der Waals surface area (Å²) in [6.45, 7) is 2.58. The van der Waals surface area contributed by atoms with Crippen LogP contribution in [-0.4, -0.2) is 18.5 Å².